The van der Waals surface area contributed by atoms with Crippen molar-refractivity contribution in [2.75, 3.05) is 12.4 Å². The first-order chi connectivity index (χ1) is 19.7. The third kappa shape index (κ3) is 4.96. The summed E-state index contributed by atoms with van der Waals surface area (Å²) in [5.41, 5.74) is 4.50. The maximum Gasteiger partial charge on any atom is 0.248 e. The molecule has 8 nitrogen and oxygen atoms in total. The molecule has 216 valence electrons. The van der Waals surface area contributed by atoms with Gasteiger partial charge in [0.15, 0.2) is 0 Å². The van der Waals surface area contributed by atoms with Gasteiger partial charge in [0.2, 0.25) is 5.91 Å². The normalized spacial score (nSPS) is 32.4. The number of nitrogens with zero attached hydrogens (tertiary/aromatic N) is 3. The van der Waals surface area contributed by atoms with Crippen molar-refractivity contribution in [2.24, 2.45) is 28.7 Å². The molecule has 1 aromatic heterocycles. The fourth-order valence-corrected chi connectivity index (χ4v) is 7.57. The van der Waals surface area contributed by atoms with E-state index < -0.39 is 17.6 Å². The number of benzene rings is 1. The van der Waals surface area contributed by atoms with Crippen LogP contribution in [-0.2, 0) is 9.59 Å². The van der Waals surface area contributed by atoms with Gasteiger partial charge in [0.25, 0.3) is 0 Å². The third-order valence-corrected chi connectivity index (χ3v) is 9.89. The number of aliphatic imine (C=N–C) groups is 1. The number of carbonyl (C=O) groups is 2. The SMILES string of the molecule is CN=C1C(C(C)=O)C(C)(C2CCC(NC(=O)C(C)O)CC2)Nc2c(C3=CC=C(c4ccccc4)CC4CC34)cnn21. The Morgan fingerprint density at radius 1 is 1.17 bits per heavy atom. The van der Waals surface area contributed by atoms with E-state index in [1.54, 1.807) is 14.0 Å². The van der Waals surface area contributed by atoms with Crippen LogP contribution >= 0.6 is 0 Å². The fourth-order valence-electron chi connectivity index (χ4n) is 7.57. The molecule has 41 heavy (non-hydrogen) atoms. The van der Waals surface area contributed by atoms with E-state index in [4.69, 9.17) is 5.10 Å². The zero-order chi connectivity index (χ0) is 28.9. The van der Waals surface area contributed by atoms with Crippen molar-refractivity contribution in [3.8, 4) is 0 Å². The number of carbonyl (C=O) groups excluding carboxylic acids is 2. The molecule has 0 spiro atoms. The van der Waals surface area contributed by atoms with Gasteiger partial charge in [-0.1, -0.05) is 42.5 Å². The van der Waals surface area contributed by atoms with Crippen LogP contribution in [0.2, 0.25) is 0 Å². The molecule has 2 aromatic rings. The highest BCUT2D eigenvalue weighted by Gasteiger charge is 2.52. The quantitative estimate of drug-likeness (QED) is 0.478. The Labute approximate surface area is 242 Å². The van der Waals surface area contributed by atoms with E-state index in [2.05, 4.69) is 65.0 Å². The third-order valence-electron chi connectivity index (χ3n) is 9.89. The van der Waals surface area contributed by atoms with E-state index in [9.17, 15) is 14.7 Å². The molecule has 2 saturated carbocycles. The zero-order valence-electron chi connectivity index (χ0n) is 24.4. The van der Waals surface area contributed by atoms with Gasteiger partial charge in [-0.25, -0.2) is 4.68 Å². The van der Waals surface area contributed by atoms with Crippen LogP contribution in [0.5, 0.6) is 0 Å². The molecule has 2 heterocycles. The molecule has 8 heteroatoms. The highest BCUT2D eigenvalue weighted by molar-refractivity contribution is 6.08. The number of nitrogens with one attached hydrogen (secondary N) is 2. The summed E-state index contributed by atoms with van der Waals surface area (Å²) in [6.07, 6.45) is 11.1. The molecule has 6 rings (SSSR count). The smallest absolute Gasteiger partial charge is 0.248 e. The maximum atomic E-state index is 13.2. The maximum absolute atomic E-state index is 13.2. The number of amides is 1. The van der Waals surface area contributed by atoms with Crippen LogP contribution in [0.4, 0.5) is 5.82 Å². The van der Waals surface area contributed by atoms with E-state index in [-0.39, 0.29) is 23.7 Å². The summed E-state index contributed by atoms with van der Waals surface area (Å²) < 4.78 is 1.85. The van der Waals surface area contributed by atoms with E-state index in [0.717, 1.165) is 43.5 Å². The molecule has 5 unspecified atom stereocenters. The fraction of sp³-hybridized carbons (Fsp3) is 0.515. The van der Waals surface area contributed by atoms with Crippen LogP contribution in [0.15, 0.2) is 53.7 Å². The number of aliphatic hydroxyl groups excluding tert-OH is 1. The Hall–Kier alpha value is -3.52. The van der Waals surface area contributed by atoms with Crippen molar-refractivity contribution in [3.63, 3.8) is 0 Å². The molecule has 4 aliphatic rings. The van der Waals surface area contributed by atoms with Crippen molar-refractivity contribution < 1.29 is 14.7 Å². The Morgan fingerprint density at radius 2 is 1.90 bits per heavy atom. The zero-order valence-corrected chi connectivity index (χ0v) is 24.4. The van der Waals surface area contributed by atoms with Crippen LogP contribution < -0.4 is 10.6 Å². The van der Waals surface area contributed by atoms with E-state index in [1.807, 2.05) is 10.9 Å². The van der Waals surface area contributed by atoms with E-state index in [0.29, 0.717) is 17.7 Å². The van der Waals surface area contributed by atoms with E-state index in [1.165, 1.54) is 30.1 Å². The van der Waals surface area contributed by atoms with Crippen LogP contribution in [-0.4, -0.2) is 57.1 Å². The molecule has 0 radical (unpaired) electrons. The van der Waals surface area contributed by atoms with E-state index >= 15 is 0 Å². The van der Waals surface area contributed by atoms with Crippen molar-refractivity contribution in [3.05, 3.63) is 59.8 Å². The highest BCUT2D eigenvalue weighted by atomic mass is 16.3. The van der Waals surface area contributed by atoms with Crippen LogP contribution in [0.25, 0.3) is 11.1 Å². The summed E-state index contributed by atoms with van der Waals surface area (Å²) in [5.74, 6) is 2.22. The molecule has 1 aromatic carbocycles. The second-order valence-corrected chi connectivity index (χ2v) is 12.6. The van der Waals surface area contributed by atoms with Gasteiger partial charge in [0.1, 0.15) is 29.5 Å². The summed E-state index contributed by atoms with van der Waals surface area (Å²) in [6.45, 7) is 5.31. The van der Waals surface area contributed by atoms with Gasteiger partial charge in [-0.15, -0.1) is 0 Å². The first-order valence-electron chi connectivity index (χ1n) is 15.0. The lowest BCUT2D eigenvalue weighted by atomic mass is 9.66. The summed E-state index contributed by atoms with van der Waals surface area (Å²) in [5, 5.41) is 21.3. The number of ketones is 1. The average molecular weight is 556 g/mol. The number of aliphatic hydroxyl groups is 1. The van der Waals surface area contributed by atoms with Crippen LogP contribution in [0.1, 0.15) is 70.4 Å². The molecule has 1 amide bonds. The topological polar surface area (TPSA) is 109 Å². The number of aromatic nitrogens is 2. The molecule has 3 aliphatic carbocycles. The number of fused-ring (bicyclic) bond motifs is 2. The first-order valence-corrected chi connectivity index (χ1v) is 15.0. The lowest BCUT2D eigenvalue weighted by Gasteiger charge is -2.49. The number of hydrogen-bond donors (Lipinski definition) is 3. The lowest BCUT2D eigenvalue weighted by molar-refractivity contribution is -0.129. The standard InChI is InChI=1S/C33H41N5O3/c1-19(39)29-31(34-4)38-30(37-33(29,3)24-11-13-25(14-12-24)36-32(41)20(2)40)28(18-35-38)26-15-10-22(16-23-17-27(23)26)21-8-6-5-7-9-21/h5-10,15,18,20,23-25,27,29,37,40H,11-14,16-17H2,1-4H3,(H,36,41). The molecule has 3 N–H and O–H groups in total. The molecule has 0 bridgehead atoms. The number of allylic oxidation sites excluding steroid dienone is 4. The summed E-state index contributed by atoms with van der Waals surface area (Å²) in [6, 6.07) is 10.7. The molecule has 1 aliphatic heterocycles. The minimum atomic E-state index is -1.02. The van der Waals surface area contributed by atoms with Gasteiger partial charge in [0, 0.05) is 18.7 Å². The second-order valence-electron chi connectivity index (χ2n) is 12.6. The number of hydrogen-bond acceptors (Lipinski definition) is 6. The van der Waals surface area contributed by atoms with Gasteiger partial charge in [0.05, 0.1) is 11.7 Å². The van der Waals surface area contributed by atoms with Crippen LogP contribution in [0.3, 0.4) is 0 Å². The lowest BCUT2D eigenvalue weighted by Crippen LogP contribution is -2.60. The van der Waals surface area contributed by atoms with Gasteiger partial charge in [-0.3, -0.25) is 14.6 Å². The molecular formula is C33H41N5O3. The summed E-state index contributed by atoms with van der Waals surface area (Å²) in [4.78, 5) is 30.0. The van der Waals surface area contributed by atoms with Crippen molar-refractivity contribution in [1.29, 1.82) is 0 Å². The largest absolute Gasteiger partial charge is 0.384 e. The van der Waals surface area contributed by atoms with Gasteiger partial charge in [-0.2, -0.15) is 5.10 Å². The summed E-state index contributed by atoms with van der Waals surface area (Å²) in [7, 11) is 1.75. The van der Waals surface area contributed by atoms with Crippen LogP contribution in [0, 0.1) is 23.7 Å². The number of anilines is 1. The first kappa shape index (κ1) is 27.6. The second kappa shape index (κ2) is 10.7. The van der Waals surface area contributed by atoms with Crippen molar-refractivity contribution >= 4 is 34.5 Å². The number of rotatable bonds is 6. The van der Waals surface area contributed by atoms with Crippen molar-refractivity contribution in [2.45, 2.75) is 77.0 Å². The predicted molar refractivity (Wildman–Crippen MR) is 161 cm³/mol. The Balaban J connectivity index is 1.33. The molecule has 0 saturated heterocycles. The average Bonchev–Trinajstić information content (AvgIpc) is 3.64. The summed E-state index contributed by atoms with van der Waals surface area (Å²) >= 11 is 0. The number of Topliss-reactive ketones (excluding diaryl/α,β-unsaturated/α-hetero) is 1. The van der Waals surface area contributed by atoms with Gasteiger partial charge in [-0.05, 0) is 93.8 Å². The van der Waals surface area contributed by atoms with Crippen molar-refractivity contribution in [1.82, 2.24) is 15.1 Å². The van der Waals surface area contributed by atoms with Gasteiger partial charge >= 0.3 is 0 Å². The minimum absolute atomic E-state index is 0.0327. The minimum Gasteiger partial charge on any atom is -0.384 e. The Bertz CT molecular complexity index is 1430. The molecule has 5 atom stereocenters. The Kier molecular flexibility index (Phi) is 7.22. The highest BCUT2D eigenvalue weighted by Crippen LogP contribution is 2.55. The molecular weight excluding hydrogens is 514 g/mol. The monoisotopic (exact) mass is 555 g/mol. The Morgan fingerprint density at radius 3 is 2.56 bits per heavy atom. The predicted octanol–water partition coefficient (Wildman–Crippen LogP) is 4.71. The van der Waals surface area contributed by atoms with Gasteiger partial charge < -0.3 is 15.7 Å². The molecule has 2 fully saturated rings.